The van der Waals surface area contributed by atoms with Crippen LogP contribution in [0.2, 0.25) is 15.2 Å². The Hall–Kier alpha value is -2.61. The summed E-state index contributed by atoms with van der Waals surface area (Å²) in [6, 6.07) is 9.06. The van der Waals surface area contributed by atoms with Crippen LogP contribution in [0.3, 0.4) is 0 Å². The number of carbonyl (C=O) groups is 2. The van der Waals surface area contributed by atoms with Crippen LogP contribution in [-0.2, 0) is 4.79 Å². The molecule has 0 saturated carbocycles. The molecule has 0 fully saturated rings. The van der Waals surface area contributed by atoms with Gasteiger partial charge in [0.25, 0.3) is 5.91 Å². The first-order valence-corrected chi connectivity index (χ1v) is 10.1. The minimum absolute atomic E-state index is 0.00335. The molecule has 3 rings (SSSR count). The molecule has 0 aliphatic rings. The second-order valence-corrected chi connectivity index (χ2v) is 7.85. The van der Waals surface area contributed by atoms with Gasteiger partial charge in [-0.25, -0.2) is 4.98 Å². The summed E-state index contributed by atoms with van der Waals surface area (Å²) >= 11 is 18.1. The third kappa shape index (κ3) is 4.92. The van der Waals surface area contributed by atoms with Crippen LogP contribution >= 0.6 is 34.8 Å². The summed E-state index contributed by atoms with van der Waals surface area (Å²) in [5, 5.41) is 10.3. The molecule has 0 bridgehead atoms. The molecule has 1 unspecified atom stereocenters. The van der Waals surface area contributed by atoms with Gasteiger partial charge in [-0.3, -0.25) is 14.3 Å². The van der Waals surface area contributed by atoms with E-state index >= 15 is 0 Å². The van der Waals surface area contributed by atoms with E-state index in [1.807, 2.05) is 19.9 Å². The summed E-state index contributed by atoms with van der Waals surface area (Å²) in [6.45, 7) is 5.50. The molecular weight excluding hydrogens is 449 g/mol. The predicted octanol–water partition coefficient (Wildman–Crippen LogP) is 5.31. The van der Waals surface area contributed by atoms with Gasteiger partial charge in [-0.2, -0.15) is 5.10 Å². The van der Waals surface area contributed by atoms with Gasteiger partial charge in [0.05, 0.1) is 21.4 Å². The van der Waals surface area contributed by atoms with E-state index in [4.69, 9.17) is 34.8 Å². The highest BCUT2D eigenvalue weighted by Gasteiger charge is 2.19. The Morgan fingerprint density at radius 1 is 1.00 bits per heavy atom. The van der Waals surface area contributed by atoms with E-state index in [1.54, 1.807) is 23.7 Å². The lowest BCUT2D eigenvalue weighted by atomic mass is 10.2. The zero-order valence-corrected chi connectivity index (χ0v) is 18.6. The topological polar surface area (TPSA) is 88.9 Å². The lowest BCUT2D eigenvalue weighted by molar-refractivity contribution is -0.119. The second kappa shape index (κ2) is 9.04. The van der Waals surface area contributed by atoms with E-state index < -0.39 is 11.9 Å². The number of carbonyl (C=O) groups excluding carboxylic acids is 2. The number of aromatic nitrogens is 3. The quantitative estimate of drug-likeness (QED) is 0.499. The van der Waals surface area contributed by atoms with Crippen molar-refractivity contribution in [2.75, 3.05) is 10.6 Å². The van der Waals surface area contributed by atoms with E-state index in [1.165, 1.54) is 18.2 Å². The zero-order chi connectivity index (χ0) is 22.0. The predicted molar refractivity (Wildman–Crippen MR) is 119 cm³/mol. The summed E-state index contributed by atoms with van der Waals surface area (Å²) in [4.78, 5) is 28.9. The van der Waals surface area contributed by atoms with Gasteiger partial charge < -0.3 is 10.6 Å². The number of aryl methyl sites for hydroxylation is 2. The minimum Gasteiger partial charge on any atom is -0.323 e. The van der Waals surface area contributed by atoms with Gasteiger partial charge in [-0.1, -0.05) is 34.8 Å². The molecule has 0 aliphatic carbocycles. The Balaban J connectivity index is 1.72. The van der Waals surface area contributed by atoms with Gasteiger partial charge in [-0.05, 0) is 57.2 Å². The van der Waals surface area contributed by atoms with Crippen molar-refractivity contribution in [3.05, 3.63) is 68.7 Å². The number of pyridine rings is 1. The summed E-state index contributed by atoms with van der Waals surface area (Å²) in [5.74, 6) is -0.803. The SMILES string of the molecule is Cc1cc(C)n(C(C)C(=O)Nc2ccc(NC(=O)c3nc(Cl)ccc3Cl)cc2Cl)n1. The normalized spacial score (nSPS) is 11.8. The summed E-state index contributed by atoms with van der Waals surface area (Å²) in [6.07, 6.45) is 0. The first-order chi connectivity index (χ1) is 14.2. The number of anilines is 2. The van der Waals surface area contributed by atoms with Crippen molar-refractivity contribution < 1.29 is 9.59 Å². The monoisotopic (exact) mass is 465 g/mol. The Bertz CT molecular complexity index is 1130. The molecule has 10 heteroatoms. The van der Waals surface area contributed by atoms with Crippen molar-refractivity contribution in [3.8, 4) is 0 Å². The Labute approximate surface area is 188 Å². The highest BCUT2D eigenvalue weighted by atomic mass is 35.5. The molecule has 0 aliphatic heterocycles. The molecular formula is C20H18Cl3N5O2. The lowest BCUT2D eigenvalue weighted by Crippen LogP contribution is -2.25. The fraction of sp³-hybridized carbons (Fsp3) is 0.200. The molecule has 2 amide bonds. The van der Waals surface area contributed by atoms with E-state index in [-0.39, 0.29) is 26.8 Å². The Morgan fingerprint density at radius 2 is 1.73 bits per heavy atom. The van der Waals surface area contributed by atoms with Crippen molar-refractivity contribution in [1.29, 1.82) is 0 Å². The third-order valence-corrected chi connectivity index (χ3v) is 5.13. The lowest BCUT2D eigenvalue weighted by Gasteiger charge is -2.16. The number of rotatable bonds is 5. The van der Waals surface area contributed by atoms with Crippen LogP contribution in [0.5, 0.6) is 0 Å². The van der Waals surface area contributed by atoms with Crippen LogP contribution in [0.15, 0.2) is 36.4 Å². The summed E-state index contributed by atoms with van der Waals surface area (Å²) < 4.78 is 1.65. The van der Waals surface area contributed by atoms with E-state index in [2.05, 4.69) is 20.7 Å². The fourth-order valence-corrected chi connectivity index (χ4v) is 3.41. The molecule has 2 N–H and O–H groups in total. The number of nitrogens with one attached hydrogen (secondary N) is 2. The van der Waals surface area contributed by atoms with Crippen LogP contribution in [0.25, 0.3) is 0 Å². The molecule has 1 atom stereocenters. The maximum Gasteiger partial charge on any atom is 0.275 e. The maximum atomic E-state index is 12.6. The molecule has 156 valence electrons. The molecule has 7 nitrogen and oxygen atoms in total. The summed E-state index contributed by atoms with van der Waals surface area (Å²) in [5.41, 5.74) is 2.53. The summed E-state index contributed by atoms with van der Waals surface area (Å²) in [7, 11) is 0. The number of hydrogen-bond acceptors (Lipinski definition) is 4. The van der Waals surface area contributed by atoms with Crippen LogP contribution in [0.4, 0.5) is 11.4 Å². The van der Waals surface area contributed by atoms with Crippen molar-refractivity contribution >= 4 is 58.0 Å². The van der Waals surface area contributed by atoms with Crippen molar-refractivity contribution in [1.82, 2.24) is 14.8 Å². The van der Waals surface area contributed by atoms with E-state index in [9.17, 15) is 9.59 Å². The molecule has 0 spiro atoms. The Morgan fingerprint density at radius 3 is 2.37 bits per heavy atom. The van der Waals surface area contributed by atoms with Crippen LogP contribution < -0.4 is 10.6 Å². The molecule has 1 aromatic carbocycles. The first kappa shape index (κ1) is 22.1. The van der Waals surface area contributed by atoms with Crippen LogP contribution in [0.1, 0.15) is 34.8 Å². The average Bonchev–Trinajstić information content (AvgIpc) is 3.03. The number of halogens is 3. The highest BCUT2D eigenvalue weighted by Crippen LogP contribution is 2.27. The second-order valence-electron chi connectivity index (χ2n) is 6.65. The van der Waals surface area contributed by atoms with E-state index in [0.29, 0.717) is 11.4 Å². The third-order valence-electron chi connectivity index (χ3n) is 4.30. The molecule has 0 radical (unpaired) electrons. The van der Waals surface area contributed by atoms with Crippen molar-refractivity contribution in [2.45, 2.75) is 26.8 Å². The molecule has 2 aromatic heterocycles. The number of benzene rings is 1. The number of nitrogens with zero attached hydrogens (tertiary/aromatic N) is 3. The zero-order valence-electron chi connectivity index (χ0n) is 16.3. The van der Waals surface area contributed by atoms with Gasteiger partial charge in [0.15, 0.2) is 0 Å². The molecule has 30 heavy (non-hydrogen) atoms. The van der Waals surface area contributed by atoms with E-state index in [0.717, 1.165) is 11.4 Å². The molecule has 0 saturated heterocycles. The maximum absolute atomic E-state index is 12.6. The van der Waals surface area contributed by atoms with Gasteiger partial charge >= 0.3 is 0 Å². The van der Waals surface area contributed by atoms with Crippen molar-refractivity contribution in [3.63, 3.8) is 0 Å². The molecule has 2 heterocycles. The minimum atomic E-state index is -0.534. The largest absolute Gasteiger partial charge is 0.323 e. The Kier molecular flexibility index (Phi) is 6.65. The van der Waals surface area contributed by atoms with Gasteiger partial charge in [0, 0.05) is 11.4 Å². The van der Waals surface area contributed by atoms with Crippen molar-refractivity contribution in [2.24, 2.45) is 0 Å². The van der Waals surface area contributed by atoms with Crippen LogP contribution in [-0.4, -0.2) is 26.6 Å². The fourth-order valence-electron chi connectivity index (χ4n) is 2.85. The average molecular weight is 467 g/mol. The van der Waals surface area contributed by atoms with Gasteiger partial charge in [-0.15, -0.1) is 0 Å². The number of amides is 2. The smallest absolute Gasteiger partial charge is 0.275 e. The highest BCUT2D eigenvalue weighted by molar-refractivity contribution is 6.35. The van der Waals surface area contributed by atoms with Crippen LogP contribution in [0, 0.1) is 13.8 Å². The number of hydrogen-bond donors (Lipinski definition) is 2. The van der Waals surface area contributed by atoms with Gasteiger partial charge in [0.2, 0.25) is 5.91 Å². The standard InChI is InChI=1S/C20H18Cl3N5O2/c1-10-8-11(2)28(27-10)12(3)19(29)25-16-6-4-13(9-15(16)22)24-20(30)18-14(21)5-7-17(23)26-18/h4-9,12H,1-3H3,(H,24,30)(H,25,29). The first-order valence-electron chi connectivity index (χ1n) is 8.92. The van der Waals surface area contributed by atoms with Gasteiger partial charge in [0.1, 0.15) is 16.9 Å². The molecule has 3 aromatic rings.